The van der Waals surface area contributed by atoms with Gasteiger partial charge in [-0.1, -0.05) is 12.5 Å². The van der Waals surface area contributed by atoms with Gasteiger partial charge in [0.15, 0.2) is 5.58 Å². The topological polar surface area (TPSA) is 64.8 Å². The molecule has 2 saturated heterocycles. The van der Waals surface area contributed by atoms with Gasteiger partial charge in [-0.25, -0.2) is 0 Å². The van der Waals surface area contributed by atoms with Crippen LogP contribution in [0.15, 0.2) is 22.6 Å². The third kappa shape index (κ3) is 4.74. The average molecular weight is 436 g/mol. The van der Waals surface area contributed by atoms with Crippen molar-refractivity contribution < 1.29 is 9.21 Å². The number of aromatic nitrogens is 1. The van der Waals surface area contributed by atoms with E-state index in [0.29, 0.717) is 34.8 Å². The Balaban J connectivity index is 0.00000256. The van der Waals surface area contributed by atoms with E-state index < -0.39 is 0 Å². The summed E-state index contributed by atoms with van der Waals surface area (Å²) in [5.74, 6) is -0.0426. The lowest BCUT2D eigenvalue weighted by Gasteiger charge is -2.47. The van der Waals surface area contributed by atoms with Gasteiger partial charge in [0, 0.05) is 38.3 Å². The quantitative estimate of drug-likeness (QED) is 0.752. The number of hydrogen-bond acceptors (Lipinski definition) is 6. The van der Waals surface area contributed by atoms with Crippen LogP contribution in [-0.2, 0) is 0 Å². The number of benzene rings is 1. The number of fused-ring (bicyclic) bond motifs is 3. The van der Waals surface area contributed by atoms with E-state index in [1.807, 2.05) is 44.2 Å². The number of oxazole rings is 1. The maximum atomic E-state index is 13.1. The van der Waals surface area contributed by atoms with Crippen LogP contribution in [0.25, 0.3) is 11.1 Å². The first-order valence-electron chi connectivity index (χ1n) is 10.7. The van der Waals surface area contributed by atoms with Gasteiger partial charge in [0.2, 0.25) is 0 Å². The van der Waals surface area contributed by atoms with Crippen LogP contribution in [-0.4, -0.2) is 80.1 Å². The van der Waals surface area contributed by atoms with Crippen molar-refractivity contribution in [2.45, 2.75) is 50.2 Å². The number of anilines is 1. The normalized spacial score (nSPS) is 24.0. The molecule has 2 aromatic rings. The van der Waals surface area contributed by atoms with Crippen LogP contribution >= 0.6 is 12.4 Å². The summed E-state index contributed by atoms with van der Waals surface area (Å²) in [5, 5.41) is 3.29. The number of likely N-dealkylation sites (N-methyl/N-ethyl adjacent to an activating group) is 2. The van der Waals surface area contributed by atoms with Gasteiger partial charge in [0.25, 0.3) is 11.9 Å². The Bertz CT molecular complexity index is 856. The molecule has 2 aliphatic rings. The molecular formula is C22H34ClN5O2. The van der Waals surface area contributed by atoms with Crippen molar-refractivity contribution in [3.05, 3.63) is 23.8 Å². The Morgan fingerprint density at radius 1 is 1.20 bits per heavy atom. The van der Waals surface area contributed by atoms with Crippen molar-refractivity contribution in [2.24, 2.45) is 0 Å². The SMILES string of the molecule is CN(C)CCN(C)c1nc2c(C(=O)NC3CC4CCCC(C3)N4C)cccc2o1.Cl. The minimum absolute atomic E-state index is 0. The molecule has 2 unspecified atom stereocenters. The van der Waals surface area contributed by atoms with Gasteiger partial charge in [0.1, 0.15) is 5.52 Å². The van der Waals surface area contributed by atoms with E-state index in [2.05, 4.69) is 27.1 Å². The first kappa shape index (κ1) is 22.8. The lowest BCUT2D eigenvalue weighted by Crippen LogP contribution is -2.55. The van der Waals surface area contributed by atoms with Gasteiger partial charge in [0.05, 0.1) is 5.56 Å². The van der Waals surface area contributed by atoms with Gasteiger partial charge in [-0.05, 0) is 59.0 Å². The van der Waals surface area contributed by atoms with Crippen LogP contribution in [0.3, 0.4) is 0 Å². The van der Waals surface area contributed by atoms with Crippen molar-refractivity contribution in [1.82, 2.24) is 20.1 Å². The second-order valence-electron chi connectivity index (χ2n) is 8.92. The van der Waals surface area contributed by atoms with Crippen LogP contribution in [0.2, 0.25) is 0 Å². The monoisotopic (exact) mass is 435 g/mol. The molecule has 2 bridgehead atoms. The van der Waals surface area contributed by atoms with E-state index in [1.165, 1.54) is 19.3 Å². The summed E-state index contributed by atoms with van der Waals surface area (Å²) in [6, 6.07) is 7.56. The molecule has 2 aliphatic heterocycles. The zero-order valence-corrected chi connectivity index (χ0v) is 19.2. The molecule has 0 radical (unpaired) electrons. The number of nitrogens with one attached hydrogen (secondary N) is 1. The number of amides is 1. The molecule has 30 heavy (non-hydrogen) atoms. The van der Waals surface area contributed by atoms with Crippen molar-refractivity contribution >= 4 is 35.4 Å². The van der Waals surface area contributed by atoms with Crippen LogP contribution < -0.4 is 10.2 Å². The van der Waals surface area contributed by atoms with E-state index in [4.69, 9.17) is 4.42 Å². The number of para-hydroxylation sites is 1. The second kappa shape index (κ2) is 9.54. The lowest BCUT2D eigenvalue weighted by molar-refractivity contribution is 0.0463. The summed E-state index contributed by atoms with van der Waals surface area (Å²) < 4.78 is 5.93. The first-order chi connectivity index (χ1) is 13.9. The van der Waals surface area contributed by atoms with Gasteiger partial charge < -0.3 is 24.4 Å². The van der Waals surface area contributed by atoms with Gasteiger partial charge in [-0.3, -0.25) is 4.79 Å². The molecule has 1 aromatic carbocycles. The summed E-state index contributed by atoms with van der Waals surface area (Å²) in [6.45, 7) is 1.71. The third-order valence-electron chi connectivity index (χ3n) is 6.54. The number of piperidine rings is 2. The predicted molar refractivity (Wildman–Crippen MR) is 123 cm³/mol. The zero-order chi connectivity index (χ0) is 20.5. The van der Waals surface area contributed by atoms with Crippen LogP contribution in [0, 0.1) is 0 Å². The fraction of sp³-hybridized carbons (Fsp3) is 0.636. The predicted octanol–water partition coefficient (Wildman–Crippen LogP) is 2.99. The molecule has 2 fully saturated rings. The maximum Gasteiger partial charge on any atom is 0.298 e. The van der Waals surface area contributed by atoms with Gasteiger partial charge >= 0.3 is 0 Å². The molecule has 4 rings (SSSR count). The van der Waals surface area contributed by atoms with Crippen molar-refractivity contribution in [3.8, 4) is 0 Å². The van der Waals surface area contributed by atoms with E-state index in [-0.39, 0.29) is 24.4 Å². The second-order valence-corrected chi connectivity index (χ2v) is 8.92. The number of carbonyl (C=O) groups is 1. The molecule has 2 atom stereocenters. The number of nitrogens with zero attached hydrogens (tertiary/aromatic N) is 4. The fourth-order valence-electron chi connectivity index (χ4n) is 4.73. The maximum absolute atomic E-state index is 13.1. The fourth-order valence-corrected chi connectivity index (χ4v) is 4.73. The Kier molecular flexibility index (Phi) is 7.26. The van der Waals surface area contributed by atoms with E-state index in [0.717, 1.165) is 25.9 Å². The molecule has 0 aliphatic carbocycles. The van der Waals surface area contributed by atoms with Crippen molar-refractivity contribution in [1.29, 1.82) is 0 Å². The Labute approximate surface area is 185 Å². The molecule has 7 nitrogen and oxygen atoms in total. The molecule has 1 amide bonds. The van der Waals surface area contributed by atoms with Crippen molar-refractivity contribution in [3.63, 3.8) is 0 Å². The molecule has 0 spiro atoms. The number of carbonyl (C=O) groups excluding carboxylic acids is 1. The standard InChI is InChI=1S/C22H33N5O2.ClH/c1-25(2)11-12-26(3)22-24-20-18(9-6-10-19(20)29-22)21(28)23-15-13-16-7-5-8-17(14-15)27(16)4;/h6,9-10,15-17H,5,7-8,11-14H2,1-4H3,(H,23,28);1H. The number of halogens is 1. The van der Waals surface area contributed by atoms with Crippen LogP contribution in [0.1, 0.15) is 42.5 Å². The van der Waals surface area contributed by atoms with Gasteiger partial charge in [-0.2, -0.15) is 4.98 Å². The van der Waals surface area contributed by atoms with E-state index in [1.54, 1.807) is 0 Å². The van der Waals surface area contributed by atoms with E-state index in [9.17, 15) is 4.79 Å². The molecule has 1 aromatic heterocycles. The Morgan fingerprint density at radius 3 is 2.57 bits per heavy atom. The highest BCUT2D eigenvalue weighted by Crippen LogP contribution is 2.33. The molecule has 8 heteroatoms. The van der Waals surface area contributed by atoms with Crippen LogP contribution in [0.4, 0.5) is 6.01 Å². The summed E-state index contributed by atoms with van der Waals surface area (Å²) in [6.07, 6.45) is 5.85. The highest BCUT2D eigenvalue weighted by atomic mass is 35.5. The smallest absolute Gasteiger partial charge is 0.298 e. The molecule has 3 heterocycles. The number of rotatable bonds is 6. The first-order valence-corrected chi connectivity index (χ1v) is 10.7. The molecule has 1 N–H and O–H groups in total. The van der Waals surface area contributed by atoms with Crippen molar-refractivity contribution in [2.75, 3.05) is 46.2 Å². The number of hydrogen-bond donors (Lipinski definition) is 1. The van der Waals surface area contributed by atoms with Crippen LogP contribution in [0.5, 0.6) is 0 Å². The molecule has 0 saturated carbocycles. The highest BCUT2D eigenvalue weighted by Gasteiger charge is 2.36. The summed E-state index contributed by atoms with van der Waals surface area (Å²) >= 11 is 0. The largest absolute Gasteiger partial charge is 0.423 e. The summed E-state index contributed by atoms with van der Waals surface area (Å²) in [7, 11) is 8.28. The molecular weight excluding hydrogens is 402 g/mol. The highest BCUT2D eigenvalue weighted by molar-refractivity contribution is 6.04. The minimum Gasteiger partial charge on any atom is -0.423 e. The average Bonchev–Trinajstić information content (AvgIpc) is 3.11. The lowest BCUT2D eigenvalue weighted by atomic mass is 9.82. The summed E-state index contributed by atoms with van der Waals surface area (Å²) in [5.41, 5.74) is 1.90. The van der Waals surface area contributed by atoms with E-state index >= 15 is 0 Å². The zero-order valence-electron chi connectivity index (χ0n) is 18.4. The Morgan fingerprint density at radius 2 is 1.90 bits per heavy atom. The Hall–Kier alpha value is -1.83. The minimum atomic E-state index is -0.0426. The summed E-state index contributed by atoms with van der Waals surface area (Å²) in [4.78, 5) is 24.4. The van der Waals surface area contributed by atoms with Gasteiger partial charge in [-0.15, -0.1) is 12.4 Å². The molecule has 166 valence electrons. The third-order valence-corrected chi connectivity index (χ3v) is 6.54.